The Labute approximate surface area is 183 Å². The van der Waals surface area contributed by atoms with E-state index in [1.165, 1.54) is 0 Å². The Hall–Kier alpha value is -2.70. The number of anilines is 1. The monoisotopic (exact) mass is 434 g/mol. The van der Waals surface area contributed by atoms with Crippen molar-refractivity contribution in [3.63, 3.8) is 0 Å². The summed E-state index contributed by atoms with van der Waals surface area (Å²) >= 11 is 0. The number of aryl methyl sites for hydroxylation is 1. The number of hydrogen-bond acceptors (Lipinski definition) is 3. The quantitative estimate of drug-likeness (QED) is 0.620. The summed E-state index contributed by atoms with van der Waals surface area (Å²) in [6, 6.07) is 19.4. The molecule has 0 radical (unpaired) electrons. The molecule has 3 aromatic carbocycles. The highest BCUT2D eigenvalue weighted by molar-refractivity contribution is 7.89. The van der Waals surface area contributed by atoms with E-state index in [0.29, 0.717) is 31.0 Å². The van der Waals surface area contributed by atoms with Gasteiger partial charge in [0.25, 0.3) is 0 Å². The van der Waals surface area contributed by atoms with E-state index in [0.717, 1.165) is 53.3 Å². The summed E-state index contributed by atoms with van der Waals surface area (Å²) in [5.41, 5.74) is 2.80. The van der Waals surface area contributed by atoms with Crippen LogP contribution in [0.25, 0.3) is 10.8 Å². The molecule has 1 fully saturated rings. The van der Waals surface area contributed by atoms with Gasteiger partial charge in [-0.2, -0.15) is 4.31 Å². The molecule has 5 nitrogen and oxygen atoms in total. The lowest BCUT2D eigenvalue weighted by Crippen LogP contribution is -2.36. The summed E-state index contributed by atoms with van der Waals surface area (Å²) in [6.07, 6.45) is 3.79. The molecular weight excluding hydrogens is 408 g/mol. The summed E-state index contributed by atoms with van der Waals surface area (Å²) in [6.45, 7) is 1.85. The minimum atomic E-state index is -3.45. The van der Waals surface area contributed by atoms with E-state index in [1.807, 2.05) is 35.2 Å². The number of nitrogens with zero attached hydrogens (tertiary/aromatic N) is 2. The van der Waals surface area contributed by atoms with Crippen molar-refractivity contribution in [1.82, 2.24) is 4.31 Å². The Morgan fingerprint density at radius 3 is 2.48 bits per heavy atom. The first-order valence-corrected chi connectivity index (χ1v) is 12.4. The van der Waals surface area contributed by atoms with E-state index >= 15 is 0 Å². The van der Waals surface area contributed by atoms with E-state index in [2.05, 4.69) is 18.2 Å². The van der Waals surface area contributed by atoms with E-state index in [-0.39, 0.29) is 5.91 Å². The Morgan fingerprint density at radius 2 is 1.65 bits per heavy atom. The number of amides is 1. The van der Waals surface area contributed by atoms with Gasteiger partial charge in [0.05, 0.1) is 11.3 Å². The molecule has 0 unspecified atom stereocenters. The second kappa shape index (κ2) is 8.09. The molecule has 2 aliphatic heterocycles. The van der Waals surface area contributed by atoms with Crippen LogP contribution < -0.4 is 4.90 Å². The SMILES string of the molecule is O=C(Cc1cccc2ccccc12)N1CCCc2cc(S(=O)(=O)N3CCCC3)ccc21. The third-order valence-electron chi connectivity index (χ3n) is 6.40. The van der Waals surface area contributed by atoms with Crippen LogP contribution in [0.3, 0.4) is 0 Å². The first-order chi connectivity index (χ1) is 15.0. The lowest BCUT2D eigenvalue weighted by molar-refractivity contribution is -0.118. The van der Waals surface area contributed by atoms with Crippen LogP contribution in [0, 0.1) is 0 Å². The van der Waals surface area contributed by atoms with Gasteiger partial charge in [-0.05, 0) is 65.8 Å². The highest BCUT2D eigenvalue weighted by Gasteiger charge is 2.29. The Morgan fingerprint density at radius 1 is 0.871 bits per heavy atom. The Balaban J connectivity index is 1.43. The molecule has 160 valence electrons. The van der Waals surface area contributed by atoms with Crippen LogP contribution >= 0.6 is 0 Å². The molecule has 0 aliphatic carbocycles. The minimum absolute atomic E-state index is 0.0486. The fourth-order valence-corrected chi connectivity index (χ4v) is 6.34. The number of carbonyl (C=O) groups is 1. The lowest BCUT2D eigenvalue weighted by atomic mass is 9.99. The molecule has 2 aliphatic rings. The smallest absolute Gasteiger partial charge is 0.243 e. The summed E-state index contributed by atoms with van der Waals surface area (Å²) in [4.78, 5) is 15.4. The fraction of sp³-hybridized carbons (Fsp3) is 0.320. The maximum Gasteiger partial charge on any atom is 0.243 e. The molecule has 6 heteroatoms. The number of benzene rings is 3. The van der Waals surface area contributed by atoms with Gasteiger partial charge < -0.3 is 4.90 Å². The van der Waals surface area contributed by atoms with Gasteiger partial charge in [0, 0.05) is 25.3 Å². The standard InChI is InChI=1S/C25H26N2O3S/c28-25(18-20-9-5-8-19-7-1-2-11-23(19)20)27-16-6-10-21-17-22(12-13-24(21)27)31(29,30)26-14-3-4-15-26/h1-2,5,7-9,11-13,17H,3-4,6,10,14-16,18H2. The molecule has 1 saturated heterocycles. The van der Waals surface area contributed by atoms with Crippen LogP contribution in [0.5, 0.6) is 0 Å². The highest BCUT2D eigenvalue weighted by atomic mass is 32.2. The van der Waals surface area contributed by atoms with E-state index in [1.54, 1.807) is 16.4 Å². The topological polar surface area (TPSA) is 57.7 Å². The molecule has 31 heavy (non-hydrogen) atoms. The third kappa shape index (κ3) is 3.75. The van der Waals surface area contributed by atoms with Crippen molar-refractivity contribution in [3.05, 3.63) is 71.8 Å². The van der Waals surface area contributed by atoms with Crippen molar-refractivity contribution in [3.8, 4) is 0 Å². The first kappa shape index (κ1) is 20.2. The molecule has 0 spiro atoms. The Kier molecular flexibility index (Phi) is 5.28. The normalized spacial score (nSPS) is 17.1. The number of rotatable bonds is 4. The molecule has 0 N–H and O–H groups in total. The molecule has 0 saturated carbocycles. The average Bonchev–Trinajstić information content (AvgIpc) is 3.34. The number of hydrogen-bond donors (Lipinski definition) is 0. The van der Waals surface area contributed by atoms with Crippen LogP contribution in [-0.4, -0.2) is 38.3 Å². The van der Waals surface area contributed by atoms with Gasteiger partial charge in [-0.1, -0.05) is 42.5 Å². The highest BCUT2D eigenvalue weighted by Crippen LogP contribution is 2.32. The predicted molar refractivity (Wildman–Crippen MR) is 123 cm³/mol. The average molecular weight is 435 g/mol. The zero-order valence-electron chi connectivity index (χ0n) is 17.5. The van der Waals surface area contributed by atoms with Gasteiger partial charge in [-0.3, -0.25) is 4.79 Å². The lowest BCUT2D eigenvalue weighted by Gasteiger charge is -2.30. The summed E-state index contributed by atoms with van der Waals surface area (Å²) in [7, 11) is -3.45. The number of carbonyl (C=O) groups excluding carboxylic acids is 1. The van der Waals surface area contributed by atoms with Gasteiger partial charge in [-0.15, -0.1) is 0 Å². The van der Waals surface area contributed by atoms with Crippen molar-refractivity contribution in [2.75, 3.05) is 24.5 Å². The predicted octanol–water partition coefficient (Wildman–Crippen LogP) is 4.15. The largest absolute Gasteiger partial charge is 0.312 e. The van der Waals surface area contributed by atoms with E-state index < -0.39 is 10.0 Å². The molecule has 2 heterocycles. The van der Waals surface area contributed by atoms with Crippen molar-refractivity contribution >= 4 is 32.4 Å². The molecule has 0 bridgehead atoms. The first-order valence-electron chi connectivity index (χ1n) is 10.9. The third-order valence-corrected chi connectivity index (χ3v) is 8.29. The summed E-state index contributed by atoms with van der Waals surface area (Å²) in [5, 5.41) is 2.23. The van der Waals surface area contributed by atoms with E-state index in [4.69, 9.17) is 0 Å². The van der Waals surface area contributed by atoms with Gasteiger partial charge in [0.1, 0.15) is 0 Å². The number of fused-ring (bicyclic) bond motifs is 2. The fourth-order valence-electron chi connectivity index (χ4n) is 4.78. The zero-order valence-corrected chi connectivity index (χ0v) is 18.3. The van der Waals surface area contributed by atoms with Crippen molar-refractivity contribution in [2.24, 2.45) is 0 Å². The van der Waals surface area contributed by atoms with Gasteiger partial charge >= 0.3 is 0 Å². The van der Waals surface area contributed by atoms with Crippen LogP contribution in [-0.2, 0) is 27.7 Å². The second-order valence-corrected chi connectivity index (χ2v) is 10.3. The Bertz CT molecular complexity index is 1240. The summed E-state index contributed by atoms with van der Waals surface area (Å²) < 4.78 is 27.5. The molecule has 3 aromatic rings. The maximum atomic E-state index is 13.3. The van der Waals surface area contributed by atoms with Gasteiger partial charge in [0.2, 0.25) is 15.9 Å². The van der Waals surface area contributed by atoms with Crippen molar-refractivity contribution in [2.45, 2.75) is 37.0 Å². The molecule has 0 atom stereocenters. The summed E-state index contributed by atoms with van der Waals surface area (Å²) in [5.74, 6) is 0.0486. The minimum Gasteiger partial charge on any atom is -0.312 e. The molecule has 5 rings (SSSR count). The van der Waals surface area contributed by atoms with Gasteiger partial charge in [-0.25, -0.2) is 8.42 Å². The van der Waals surface area contributed by atoms with Crippen molar-refractivity contribution < 1.29 is 13.2 Å². The molecule has 1 amide bonds. The van der Waals surface area contributed by atoms with E-state index in [9.17, 15) is 13.2 Å². The van der Waals surface area contributed by atoms with Crippen LogP contribution in [0.1, 0.15) is 30.4 Å². The maximum absolute atomic E-state index is 13.3. The molecule has 0 aromatic heterocycles. The molecular formula is C25H26N2O3S. The number of sulfonamides is 1. The van der Waals surface area contributed by atoms with Crippen molar-refractivity contribution in [1.29, 1.82) is 0 Å². The van der Waals surface area contributed by atoms with Crippen LogP contribution in [0.15, 0.2) is 65.6 Å². The van der Waals surface area contributed by atoms with Gasteiger partial charge in [0.15, 0.2) is 0 Å². The second-order valence-electron chi connectivity index (χ2n) is 8.37. The van der Waals surface area contributed by atoms with Crippen LogP contribution in [0.2, 0.25) is 0 Å². The van der Waals surface area contributed by atoms with Crippen LogP contribution in [0.4, 0.5) is 5.69 Å². The zero-order chi connectivity index (χ0) is 21.4.